The number of amides is 1. The molecule has 158 valence electrons. The van der Waals surface area contributed by atoms with Crippen LogP contribution in [0, 0.1) is 17.0 Å². The second-order valence-corrected chi connectivity index (χ2v) is 9.22. The van der Waals surface area contributed by atoms with Crippen LogP contribution < -0.4 is 0 Å². The van der Waals surface area contributed by atoms with Gasteiger partial charge in [0.25, 0.3) is 11.6 Å². The molecule has 0 spiro atoms. The maximum absolute atomic E-state index is 13.0. The molecule has 3 aromatic rings. The second kappa shape index (κ2) is 8.91. The third kappa shape index (κ3) is 4.78. The van der Waals surface area contributed by atoms with Gasteiger partial charge < -0.3 is 10.0 Å². The van der Waals surface area contributed by atoms with Gasteiger partial charge in [0.2, 0.25) is 0 Å². The van der Waals surface area contributed by atoms with E-state index in [0.29, 0.717) is 30.0 Å². The van der Waals surface area contributed by atoms with Crippen LogP contribution in [-0.4, -0.2) is 38.9 Å². The summed E-state index contributed by atoms with van der Waals surface area (Å²) in [5, 5.41) is 22.9. The van der Waals surface area contributed by atoms with E-state index in [9.17, 15) is 20.0 Å². The molecule has 4 rings (SSSR count). The highest BCUT2D eigenvalue weighted by atomic mass is 32.2. The van der Waals surface area contributed by atoms with Gasteiger partial charge in [-0.25, -0.2) is 4.98 Å². The highest BCUT2D eigenvalue weighted by Crippen LogP contribution is 2.37. The number of thiazole rings is 1. The number of nitrogens with zero attached hydrogens (tertiary/aromatic N) is 3. The number of aromatic hydroxyl groups is 1. The number of aromatic nitrogens is 1. The van der Waals surface area contributed by atoms with Gasteiger partial charge in [-0.3, -0.25) is 14.9 Å². The number of carbonyl (C=O) groups is 1. The Bertz CT molecular complexity index is 1170. The van der Waals surface area contributed by atoms with Crippen molar-refractivity contribution in [2.24, 2.45) is 0 Å². The van der Waals surface area contributed by atoms with E-state index in [0.717, 1.165) is 21.2 Å². The molecule has 0 saturated carbocycles. The van der Waals surface area contributed by atoms with E-state index in [-0.39, 0.29) is 17.3 Å². The van der Waals surface area contributed by atoms with E-state index in [1.165, 1.54) is 29.2 Å². The van der Waals surface area contributed by atoms with Crippen molar-refractivity contribution in [3.8, 4) is 5.75 Å². The van der Waals surface area contributed by atoms with Gasteiger partial charge in [0.15, 0.2) is 4.34 Å². The standard InChI is InChI=1S/C22H19N3O4S2/c1-14-13-30-22(23-14)31-20-7-4-17(12-19(20)25(28)29)21(27)24-10-8-16(9-11-24)15-2-5-18(26)6-3-15/h2-8,12-13,26H,9-11H2,1H3. The van der Waals surface area contributed by atoms with Crippen LogP contribution in [0.5, 0.6) is 5.75 Å². The van der Waals surface area contributed by atoms with E-state index >= 15 is 0 Å². The normalized spacial score (nSPS) is 13.7. The van der Waals surface area contributed by atoms with Crippen LogP contribution in [0.4, 0.5) is 5.69 Å². The quantitative estimate of drug-likeness (QED) is 0.424. The van der Waals surface area contributed by atoms with Crippen LogP contribution >= 0.6 is 23.1 Å². The molecule has 0 fully saturated rings. The van der Waals surface area contributed by atoms with Crippen molar-refractivity contribution < 1.29 is 14.8 Å². The number of phenolic OH excluding ortho intramolecular Hbond substituents is 1. The zero-order valence-corrected chi connectivity index (χ0v) is 18.3. The maximum Gasteiger partial charge on any atom is 0.284 e. The lowest BCUT2D eigenvalue weighted by molar-refractivity contribution is -0.387. The number of nitro groups is 1. The summed E-state index contributed by atoms with van der Waals surface area (Å²) in [6, 6.07) is 11.6. The largest absolute Gasteiger partial charge is 0.508 e. The lowest BCUT2D eigenvalue weighted by atomic mass is 9.99. The van der Waals surface area contributed by atoms with Crippen LogP contribution in [0.3, 0.4) is 0 Å². The number of nitro benzene ring substituents is 1. The third-order valence-electron chi connectivity index (χ3n) is 4.93. The van der Waals surface area contributed by atoms with Crippen molar-refractivity contribution in [1.82, 2.24) is 9.88 Å². The van der Waals surface area contributed by atoms with Gasteiger partial charge in [0.05, 0.1) is 9.82 Å². The van der Waals surface area contributed by atoms with Crippen molar-refractivity contribution >= 4 is 40.3 Å². The summed E-state index contributed by atoms with van der Waals surface area (Å²) in [6.45, 7) is 2.82. The molecule has 0 unspecified atom stereocenters. The molecular formula is C22H19N3O4S2. The lowest BCUT2D eigenvalue weighted by Crippen LogP contribution is -2.34. The predicted octanol–water partition coefficient (Wildman–Crippen LogP) is 5.15. The van der Waals surface area contributed by atoms with Crippen LogP contribution in [0.15, 0.2) is 63.2 Å². The van der Waals surface area contributed by atoms with E-state index < -0.39 is 4.92 Å². The Balaban J connectivity index is 1.51. The molecule has 0 bridgehead atoms. The Morgan fingerprint density at radius 2 is 2.03 bits per heavy atom. The maximum atomic E-state index is 13.0. The van der Waals surface area contributed by atoms with Gasteiger partial charge in [-0.05, 0) is 48.7 Å². The topological polar surface area (TPSA) is 96.6 Å². The summed E-state index contributed by atoms with van der Waals surface area (Å²) in [5.74, 6) is -0.0177. The molecule has 0 saturated heterocycles. The molecule has 7 nitrogen and oxygen atoms in total. The predicted molar refractivity (Wildman–Crippen MR) is 121 cm³/mol. The van der Waals surface area contributed by atoms with E-state index in [1.807, 2.05) is 30.5 Å². The molecule has 1 aromatic heterocycles. The Labute approximate surface area is 187 Å². The van der Waals surface area contributed by atoms with Crippen molar-refractivity contribution in [2.45, 2.75) is 22.6 Å². The number of carbonyl (C=O) groups excluding carboxylic acids is 1. The van der Waals surface area contributed by atoms with Crippen molar-refractivity contribution in [2.75, 3.05) is 13.1 Å². The summed E-state index contributed by atoms with van der Waals surface area (Å²) in [6.07, 6.45) is 2.66. The fourth-order valence-corrected chi connectivity index (χ4v) is 5.21. The average Bonchev–Trinajstić information content (AvgIpc) is 3.18. The van der Waals surface area contributed by atoms with Crippen LogP contribution in [0.25, 0.3) is 5.57 Å². The molecule has 2 aromatic carbocycles. The minimum absolute atomic E-state index is 0.0963. The summed E-state index contributed by atoms with van der Waals surface area (Å²) >= 11 is 2.66. The number of rotatable bonds is 5. The first-order chi connectivity index (χ1) is 14.9. The fraction of sp³-hybridized carbons (Fsp3) is 0.182. The molecular weight excluding hydrogens is 434 g/mol. The Morgan fingerprint density at radius 3 is 2.65 bits per heavy atom. The van der Waals surface area contributed by atoms with E-state index in [2.05, 4.69) is 4.98 Å². The first-order valence-corrected chi connectivity index (χ1v) is 11.3. The SMILES string of the molecule is Cc1csc(Sc2ccc(C(=O)N3CC=C(c4ccc(O)cc4)CC3)cc2[N+](=O)[O-])n1. The van der Waals surface area contributed by atoms with Crippen LogP contribution in [0.1, 0.15) is 28.0 Å². The van der Waals surface area contributed by atoms with E-state index in [4.69, 9.17) is 0 Å². The molecule has 1 aliphatic rings. The molecule has 0 aliphatic carbocycles. The van der Waals surface area contributed by atoms with E-state index in [1.54, 1.807) is 29.2 Å². The Kier molecular flexibility index (Phi) is 6.06. The number of hydrogen-bond donors (Lipinski definition) is 1. The summed E-state index contributed by atoms with van der Waals surface area (Å²) < 4.78 is 0.725. The summed E-state index contributed by atoms with van der Waals surface area (Å²) in [4.78, 5) is 30.6. The fourth-order valence-electron chi connectivity index (χ4n) is 3.33. The number of phenols is 1. The molecule has 1 aliphatic heterocycles. The summed E-state index contributed by atoms with van der Waals surface area (Å²) in [7, 11) is 0. The second-order valence-electron chi connectivity index (χ2n) is 7.07. The van der Waals surface area contributed by atoms with Gasteiger partial charge in [-0.1, -0.05) is 30.0 Å². The van der Waals surface area contributed by atoms with Crippen LogP contribution in [0.2, 0.25) is 0 Å². The van der Waals surface area contributed by atoms with Crippen LogP contribution in [-0.2, 0) is 0 Å². The highest BCUT2D eigenvalue weighted by Gasteiger charge is 2.24. The first-order valence-electron chi connectivity index (χ1n) is 9.57. The monoisotopic (exact) mass is 453 g/mol. The number of benzene rings is 2. The smallest absolute Gasteiger partial charge is 0.284 e. The van der Waals surface area contributed by atoms with Gasteiger partial charge in [0, 0.05) is 35.8 Å². The third-order valence-corrected chi connectivity index (χ3v) is 7.05. The minimum atomic E-state index is -0.460. The minimum Gasteiger partial charge on any atom is -0.508 e. The van der Waals surface area contributed by atoms with Crippen molar-refractivity contribution in [3.63, 3.8) is 0 Å². The molecule has 9 heteroatoms. The average molecular weight is 454 g/mol. The van der Waals surface area contributed by atoms with Crippen molar-refractivity contribution in [1.29, 1.82) is 0 Å². The Hall–Kier alpha value is -3.17. The molecule has 2 heterocycles. The van der Waals surface area contributed by atoms with Gasteiger partial charge >= 0.3 is 0 Å². The zero-order valence-electron chi connectivity index (χ0n) is 16.6. The number of aryl methyl sites for hydroxylation is 1. The number of hydrogen-bond acceptors (Lipinski definition) is 7. The van der Waals surface area contributed by atoms with Gasteiger partial charge in [0.1, 0.15) is 5.75 Å². The lowest BCUT2D eigenvalue weighted by Gasteiger charge is -2.27. The highest BCUT2D eigenvalue weighted by molar-refractivity contribution is 8.01. The molecule has 0 radical (unpaired) electrons. The summed E-state index contributed by atoms with van der Waals surface area (Å²) in [5.41, 5.74) is 3.19. The van der Waals surface area contributed by atoms with Gasteiger partial charge in [-0.15, -0.1) is 11.3 Å². The molecule has 1 amide bonds. The molecule has 31 heavy (non-hydrogen) atoms. The van der Waals surface area contributed by atoms with Crippen molar-refractivity contribution in [3.05, 3.63) is 80.9 Å². The van der Waals surface area contributed by atoms with Gasteiger partial charge in [-0.2, -0.15) is 0 Å². The molecule has 1 N–H and O–H groups in total. The first kappa shape index (κ1) is 21.1. The Morgan fingerprint density at radius 1 is 1.26 bits per heavy atom. The molecule has 0 atom stereocenters. The zero-order chi connectivity index (χ0) is 22.0.